The quantitative estimate of drug-likeness (QED) is 0.619. The molecule has 132 valence electrons. The fourth-order valence-corrected chi connectivity index (χ4v) is 3.09. The van der Waals surface area contributed by atoms with Crippen molar-refractivity contribution in [1.29, 1.82) is 0 Å². The summed E-state index contributed by atoms with van der Waals surface area (Å²) >= 11 is 0. The van der Waals surface area contributed by atoms with Crippen molar-refractivity contribution in [3.63, 3.8) is 0 Å². The molecule has 0 spiro atoms. The molecule has 0 saturated carbocycles. The van der Waals surface area contributed by atoms with Crippen molar-refractivity contribution < 1.29 is 4.79 Å². The molecule has 3 nitrogen and oxygen atoms in total. The van der Waals surface area contributed by atoms with Gasteiger partial charge in [-0.05, 0) is 24.1 Å². The summed E-state index contributed by atoms with van der Waals surface area (Å²) in [5.41, 5.74) is 4.63. The summed E-state index contributed by atoms with van der Waals surface area (Å²) in [6.45, 7) is 2.55. The molecule has 3 aromatic rings. The lowest BCUT2D eigenvalue weighted by molar-refractivity contribution is -0.123. The molecule has 0 atom stereocenters. The molecule has 1 aliphatic heterocycles. The molecule has 1 aliphatic rings. The average molecular weight is 352 g/mol. The van der Waals surface area contributed by atoms with Crippen LogP contribution in [0, 0.1) is 6.92 Å². The van der Waals surface area contributed by atoms with Crippen LogP contribution in [0.5, 0.6) is 0 Å². The molecule has 0 radical (unpaired) electrons. The van der Waals surface area contributed by atoms with E-state index >= 15 is 0 Å². The second-order valence-electron chi connectivity index (χ2n) is 6.62. The van der Waals surface area contributed by atoms with E-state index in [1.807, 2.05) is 97.9 Å². The van der Waals surface area contributed by atoms with Crippen molar-refractivity contribution in [2.24, 2.45) is 4.99 Å². The van der Waals surface area contributed by atoms with Crippen molar-refractivity contribution in [3.05, 3.63) is 113 Å². The zero-order chi connectivity index (χ0) is 18.6. The minimum atomic E-state index is -0.0710. The van der Waals surface area contributed by atoms with E-state index < -0.39 is 0 Å². The number of rotatable bonds is 4. The van der Waals surface area contributed by atoms with Crippen LogP contribution in [0.1, 0.15) is 22.3 Å². The lowest BCUT2D eigenvalue weighted by Crippen LogP contribution is -2.32. The Morgan fingerprint density at radius 2 is 1.48 bits per heavy atom. The van der Waals surface area contributed by atoms with Crippen molar-refractivity contribution in [1.82, 2.24) is 4.90 Å². The smallest absolute Gasteiger partial charge is 0.278 e. The Kier molecular flexibility index (Phi) is 4.67. The highest BCUT2D eigenvalue weighted by atomic mass is 16.2. The Hall–Kier alpha value is -3.46. The molecule has 1 heterocycles. The number of benzene rings is 3. The minimum Gasteiger partial charge on any atom is -0.286 e. The number of amidine groups is 1. The molecule has 0 bridgehead atoms. The van der Waals surface area contributed by atoms with Gasteiger partial charge in [0.05, 0.1) is 6.54 Å². The molecular weight excluding hydrogens is 332 g/mol. The van der Waals surface area contributed by atoms with E-state index in [0.29, 0.717) is 18.1 Å². The lowest BCUT2D eigenvalue weighted by atomic mass is 10.1. The minimum absolute atomic E-state index is 0.0710. The van der Waals surface area contributed by atoms with Gasteiger partial charge < -0.3 is 0 Å². The molecule has 0 aliphatic carbocycles. The predicted octanol–water partition coefficient (Wildman–Crippen LogP) is 4.83. The van der Waals surface area contributed by atoms with Gasteiger partial charge in [0.1, 0.15) is 11.5 Å². The maximum Gasteiger partial charge on any atom is 0.278 e. The molecule has 0 fully saturated rings. The third kappa shape index (κ3) is 3.72. The SMILES string of the molecule is Cc1ccc(C2=N/C(=C\c3ccccc3)C(=O)N2Cc2ccccc2)cc1. The van der Waals surface area contributed by atoms with Gasteiger partial charge in [-0.1, -0.05) is 90.5 Å². The number of hydrogen-bond donors (Lipinski definition) is 0. The summed E-state index contributed by atoms with van der Waals surface area (Å²) in [5, 5.41) is 0. The van der Waals surface area contributed by atoms with Crippen LogP contribution in [0.15, 0.2) is 95.6 Å². The van der Waals surface area contributed by atoms with Gasteiger partial charge >= 0.3 is 0 Å². The number of carbonyl (C=O) groups excluding carboxylic acids is 1. The van der Waals surface area contributed by atoms with Crippen LogP contribution in [-0.2, 0) is 11.3 Å². The topological polar surface area (TPSA) is 32.7 Å². The Bertz CT molecular complexity index is 1000. The van der Waals surface area contributed by atoms with Gasteiger partial charge in [0, 0.05) is 5.56 Å². The monoisotopic (exact) mass is 352 g/mol. The first kappa shape index (κ1) is 17.0. The van der Waals surface area contributed by atoms with Crippen LogP contribution in [-0.4, -0.2) is 16.6 Å². The first-order valence-corrected chi connectivity index (χ1v) is 8.99. The van der Waals surface area contributed by atoms with Gasteiger partial charge in [0.25, 0.3) is 5.91 Å². The van der Waals surface area contributed by atoms with E-state index in [0.717, 1.165) is 16.7 Å². The molecule has 0 saturated heterocycles. The van der Waals surface area contributed by atoms with E-state index in [4.69, 9.17) is 4.99 Å². The van der Waals surface area contributed by atoms with Crippen LogP contribution in [0.2, 0.25) is 0 Å². The Balaban J connectivity index is 1.74. The van der Waals surface area contributed by atoms with E-state index in [-0.39, 0.29) is 5.91 Å². The first-order chi connectivity index (χ1) is 13.2. The Morgan fingerprint density at radius 1 is 0.852 bits per heavy atom. The van der Waals surface area contributed by atoms with Crippen LogP contribution in [0.3, 0.4) is 0 Å². The number of carbonyl (C=O) groups is 1. The van der Waals surface area contributed by atoms with E-state index in [2.05, 4.69) is 0 Å². The van der Waals surface area contributed by atoms with Crippen LogP contribution < -0.4 is 0 Å². The summed E-state index contributed by atoms with van der Waals surface area (Å²) in [7, 11) is 0. The molecule has 0 N–H and O–H groups in total. The molecule has 0 unspecified atom stereocenters. The van der Waals surface area contributed by atoms with Gasteiger partial charge in [0.15, 0.2) is 0 Å². The molecule has 3 aromatic carbocycles. The fraction of sp³-hybridized carbons (Fsp3) is 0.0833. The third-order valence-electron chi connectivity index (χ3n) is 4.54. The van der Waals surface area contributed by atoms with Crippen LogP contribution >= 0.6 is 0 Å². The van der Waals surface area contributed by atoms with Gasteiger partial charge in [0.2, 0.25) is 0 Å². The predicted molar refractivity (Wildman–Crippen MR) is 109 cm³/mol. The third-order valence-corrected chi connectivity index (χ3v) is 4.54. The molecule has 3 heteroatoms. The highest BCUT2D eigenvalue weighted by Gasteiger charge is 2.31. The summed E-state index contributed by atoms with van der Waals surface area (Å²) < 4.78 is 0. The number of nitrogens with zero attached hydrogens (tertiary/aromatic N) is 2. The van der Waals surface area contributed by atoms with Gasteiger partial charge in [-0.25, -0.2) is 4.99 Å². The molecule has 4 rings (SSSR count). The summed E-state index contributed by atoms with van der Waals surface area (Å²) in [6, 6.07) is 27.9. The van der Waals surface area contributed by atoms with Crippen molar-refractivity contribution in [2.75, 3.05) is 0 Å². The number of hydrogen-bond acceptors (Lipinski definition) is 2. The molecular formula is C24H20N2O. The van der Waals surface area contributed by atoms with E-state index in [9.17, 15) is 4.79 Å². The average Bonchev–Trinajstić information content (AvgIpc) is 3.00. The normalized spacial score (nSPS) is 15.3. The second kappa shape index (κ2) is 7.42. The van der Waals surface area contributed by atoms with E-state index in [1.54, 1.807) is 4.90 Å². The maximum absolute atomic E-state index is 13.1. The standard InChI is InChI=1S/C24H20N2O/c1-18-12-14-21(15-13-18)23-25-22(16-19-8-4-2-5-9-19)24(27)26(23)17-20-10-6-3-7-11-20/h2-16H,17H2,1H3/b22-16-. The summed E-state index contributed by atoms with van der Waals surface area (Å²) in [5.74, 6) is 0.629. The van der Waals surface area contributed by atoms with Gasteiger partial charge in [-0.3, -0.25) is 9.69 Å². The lowest BCUT2D eigenvalue weighted by Gasteiger charge is -2.18. The molecule has 1 amide bonds. The van der Waals surface area contributed by atoms with Crippen LogP contribution in [0.4, 0.5) is 0 Å². The van der Waals surface area contributed by atoms with E-state index in [1.165, 1.54) is 5.56 Å². The zero-order valence-corrected chi connectivity index (χ0v) is 15.2. The molecule has 0 aromatic heterocycles. The second-order valence-corrected chi connectivity index (χ2v) is 6.62. The van der Waals surface area contributed by atoms with Gasteiger partial charge in [-0.2, -0.15) is 0 Å². The Labute approximate surface area is 159 Å². The zero-order valence-electron chi connectivity index (χ0n) is 15.2. The van der Waals surface area contributed by atoms with Gasteiger partial charge in [-0.15, -0.1) is 0 Å². The fourth-order valence-electron chi connectivity index (χ4n) is 3.09. The molecule has 27 heavy (non-hydrogen) atoms. The van der Waals surface area contributed by atoms with Crippen LogP contribution in [0.25, 0.3) is 6.08 Å². The highest BCUT2D eigenvalue weighted by Crippen LogP contribution is 2.24. The maximum atomic E-state index is 13.1. The summed E-state index contributed by atoms with van der Waals surface area (Å²) in [6.07, 6.45) is 1.85. The largest absolute Gasteiger partial charge is 0.286 e. The van der Waals surface area contributed by atoms with Crippen molar-refractivity contribution in [3.8, 4) is 0 Å². The first-order valence-electron chi connectivity index (χ1n) is 8.99. The Morgan fingerprint density at radius 3 is 2.15 bits per heavy atom. The van der Waals surface area contributed by atoms with Crippen molar-refractivity contribution >= 4 is 17.8 Å². The van der Waals surface area contributed by atoms with Crippen molar-refractivity contribution in [2.45, 2.75) is 13.5 Å². The number of aliphatic imine (C=N–C) groups is 1. The highest BCUT2D eigenvalue weighted by molar-refractivity contribution is 6.19. The summed E-state index contributed by atoms with van der Waals surface area (Å²) in [4.78, 5) is 19.6. The number of aryl methyl sites for hydroxylation is 1. The number of amides is 1.